The van der Waals surface area contributed by atoms with Crippen LogP contribution in [0.3, 0.4) is 0 Å². The number of anilines is 1. The van der Waals surface area contributed by atoms with E-state index in [1.807, 2.05) is 42.5 Å². The van der Waals surface area contributed by atoms with E-state index in [-0.39, 0.29) is 0 Å². The van der Waals surface area contributed by atoms with Gasteiger partial charge in [-0.15, -0.1) is 0 Å². The van der Waals surface area contributed by atoms with E-state index in [9.17, 15) is 20.4 Å². The molecule has 0 bridgehead atoms. The molecule has 1 aliphatic rings. The predicted molar refractivity (Wildman–Crippen MR) is 81.3 cm³/mol. The maximum Gasteiger partial charge on any atom is 0.157 e. The van der Waals surface area contributed by atoms with Gasteiger partial charge in [-0.25, -0.2) is 0 Å². The van der Waals surface area contributed by atoms with E-state index in [0.717, 1.165) is 16.5 Å². The third-order valence-electron chi connectivity index (χ3n) is 3.98. The molecule has 0 amide bonds. The molecule has 1 fully saturated rings. The highest BCUT2D eigenvalue weighted by Crippen LogP contribution is 2.27. The predicted octanol–water partition coefficient (Wildman–Crippen LogP) is 0.0516. The van der Waals surface area contributed by atoms with Crippen molar-refractivity contribution in [2.24, 2.45) is 0 Å². The van der Waals surface area contributed by atoms with E-state index in [1.54, 1.807) is 0 Å². The molecule has 0 aromatic heterocycles. The maximum atomic E-state index is 10.1. The van der Waals surface area contributed by atoms with E-state index >= 15 is 0 Å². The van der Waals surface area contributed by atoms with Crippen LogP contribution in [0.4, 0.5) is 5.69 Å². The Hall–Kier alpha value is -1.70. The molecule has 0 radical (unpaired) electrons. The Morgan fingerprint density at radius 1 is 0.909 bits per heavy atom. The highest BCUT2D eigenvalue weighted by molar-refractivity contribution is 5.93. The van der Waals surface area contributed by atoms with Gasteiger partial charge >= 0.3 is 0 Å². The maximum absolute atomic E-state index is 10.1. The quantitative estimate of drug-likeness (QED) is 0.549. The van der Waals surface area contributed by atoms with Gasteiger partial charge in [0.25, 0.3) is 0 Å². The Balaban J connectivity index is 1.87. The first kappa shape index (κ1) is 15.2. The van der Waals surface area contributed by atoms with Crippen LogP contribution in [0.25, 0.3) is 10.8 Å². The lowest BCUT2D eigenvalue weighted by Crippen LogP contribution is -2.60. The van der Waals surface area contributed by atoms with Crippen LogP contribution in [-0.4, -0.2) is 57.7 Å². The number of benzene rings is 2. The van der Waals surface area contributed by atoms with Crippen molar-refractivity contribution in [3.63, 3.8) is 0 Å². The third-order valence-corrected chi connectivity index (χ3v) is 3.98. The Morgan fingerprint density at radius 2 is 1.64 bits per heavy atom. The molecule has 0 aliphatic carbocycles. The van der Waals surface area contributed by atoms with Gasteiger partial charge in [-0.3, -0.25) is 0 Å². The van der Waals surface area contributed by atoms with Crippen LogP contribution >= 0.6 is 0 Å². The first-order valence-electron chi connectivity index (χ1n) is 7.16. The number of hydrogen-bond acceptors (Lipinski definition) is 6. The van der Waals surface area contributed by atoms with Crippen LogP contribution in [0, 0.1) is 0 Å². The minimum Gasteiger partial charge on any atom is -0.394 e. The number of aliphatic hydroxyl groups excluding tert-OH is 4. The molecule has 0 unspecified atom stereocenters. The van der Waals surface area contributed by atoms with Crippen LogP contribution in [0.1, 0.15) is 0 Å². The lowest BCUT2D eigenvalue weighted by molar-refractivity contribution is -0.221. The lowest BCUT2D eigenvalue weighted by Gasteiger charge is -2.40. The molecule has 5 N–H and O–H groups in total. The highest BCUT2D eigenvalue weighted by atomic mass is 16.6. The molecule has 0 spiro atoms. The summed E-state index contributed by atoms with van der Waals surface area (Å²) in [4.78, 5) is 0. The van der Waals surface area contributed by atoms with Crippen molar-refractivity contribution in [3.05, 3.63) is 42.5 Å². The number of rotatable bonds is 3. The van der Waals surface area contributed by atoms with Crippen molar-refractivity contribution < 1.29 is 25.2 Å². The molecule has 6 nitrogen and oxygen atoms in total. The summed E-state index contributed by atoms with van der Waals surface area (Å²) in [5.41, 5.74) is 0.738. The monoisotopic (exact) mass is 305 g/mol. The summed E-state index contributed by atoms with van der Waals surface area (Å²) in [5, 5.41) is 43.9. The van der Waals surface area contributed by atoms with Gasteiger partial charge in [0, 0.05) is 11.1 Å². The largest absolute Gasteiger partial charge is 0.394 e. The molecule has 2 aromatic rings. The molecular weight excluding hydrogens is 286 g/mol. The average molecular weight is 305 g/mol. The summed E-state index contributed by atoms with van der Waals surface area (Å²) in [6.07, 6.45) is -5.91. The Bertz CT molecular complexity index is 642. The fourth-order valence-electron chi connectivity index (χ4n) is 2.73. The molecule has 1 heterocycles. The topological polar surface area (TPSA) is 102 Å². The van der Waals surface area contributed by atoms with Crippen molar-refractivity contribution in [2.75, 3.05) is 11.9 Å². The highest BCUT2D eigenvalue weighted by Gasteiger charge is 2.43. The number of hydrogen-bond donors (Lipinski definition) is 5. The number of aliphatic hydroxyl groups is 4. The van der Waals surface area contributed by atoms with Crippen molar-refractivity contribution in [2.45, 2.75) is 30.6 Å². The molecular formula is C16H19NO5. The van der Waals surface area contributed by atoms with E-state index in [4.69, 9.17) is 4.74 Å². The summed E-state index contributed by atoms with van der Waals surface area (Å²) >= 11 is 0. The van der Waals surface area contributed by atoms with Crippen LogP contribution in [0.5, 0.6) is 0 Å². The van der Waals surface area contributed by atoms with Crippen LogP contribution in [0.2, 0.25) is 0 Å². The van der Waals surface area contributed by atoms with Gasteiger partial charge in [-0.2, -0.15) is 0 Å². The number of ether oxygens (including phenoxy) is 1. The second-order valence-electron chi connectivity index (χ2n) is 5.42. The summed E-state index contributed by atoms with van der Waals surface area (Å²) in [7, 11) is 0. The minimum absolute atomic E-state index is 0.446. The second kappa shape index (κ2) is 6.20. The van der Waals surface area contributed by atoms with Gasteiger partial charge in [0.1, 0.15) is 24.4 Å². The Kier molecular flexibility index (Phi) is 4.28. The Labute approximate surface area is 127 Å². The van der Waals surface area contributed by atoms with Gasteiger partial charge in [-0.1, -0.05) is 36.4 Å². The smallest absolute Gasteiger partial charge is 0.157 e. The summed E-state index contributed by atoms with van der Waals surface area (Å²) in [6.45, 7) is -0.446. The van der Waals surface area contributed by atoms with E-state index < -0.39 is 37.3 Å². The minimum atomic E-state index is -1.39. The van der Waals surface area contributed by atoms with Gasteiger partial charge in [0.2, 0.25) is 0 Å². The molecule has 5 atom stereocenters. The third kappa shape index (κ3) is 2.67. The molecule has 1 aliphatic heterocycles. The Morgan fingerprint density at radius 3 is 2.41 bits per heavy atom. The van der Waals surface area contributed by atoms with Crippen molar-refractivity contribution in [1.82, 2.24) is 0 Å². The normalized spacial score (nSPS) is 32.1. The SMILES string of the molecule is OC[C@H]1O[C@@H](Nc2cccc3ccccc23)[C@@H](O)[C@H](O)[C@@H]1O. The van der Waals surface area contributed by atoms with E-state index in [0.29, 0.717) is 0 Å². The van der Waals surface area contributed by atoms with Gasteiger partial charge < -0.3 is 30.5 Å². The fourth-order valence-corrected chi connectivity index (χ4v) is 2.73. The molecule has 118 valence electrons. The van der Waals surface area contributed by atoms with Crippen molar-refractivity contribution >= 4 is 16.5 Å². The summed E-state index contributed by atoms with van der Waals surface area (Å²) in [5.74, 6) is 0. The second-order valence-corrected chi connectivity index (χ2v) is 5.42. The van der Waals surface area contributed by atoms with Crippen molar-refractivity contribution in [1.29, 1.82) is 0 Å². The lowest BCUT2D eigenvalue weighted by atomic mass is 9.98. The average Bonchev–Trinajstić information content (AvgIpc) is 2.55. The zero-order valence-corrected chi connectivity index (χ0v) is 11.8. The first-order valence-corrected chi connectivity index (χ1v) is 7.16. The van der Waals surface area contributed by atoms with Gasteiger partial charge in [0.05, 0.1) is 6.61 Å². The summed E-state index contributed by atoms with van der Waals surface area (Å²) in [6, 6.07) is 13.4. The standard InChI is InChI=1S/C16H19NO5/c18-8-12-13(19)14(20)15(21)16(22-12)17-11-7-3-5-9-4-1-2-6-10(9)11/h1-7,12-21H,8H2/t12-,13-,14-,15+,16-/m1/s1. The van der Waals surface area contributed by atoms with Gasteiger partial charge in [-0.05, 0) is 11.5 Å². The zero-order chi connectivity index (χ0) is 15.7. The molecule has 0 saturated carbocycles. The number of nitrogens with one attached hydrogen (secondary N) is 1. The molecule has 3 rings (SSSR count). The van der Waals surface area contributed by atoms with Gasteiger partial charge in [0.15, 0.2) is 6.23 Å². The number of fused-ring (bicyclic) bond motifs is 1. The van der Waals surface area contributed by atoms with E-state index in [1.165, 1.54) is 0 Å². The molecule has 6 heteroatoms. The molecule has 22 heavy (non-hydrogen) atoms. The van der Waals surface area contributed by atoms with Crippen LogP contribution < -0.4 is 5.32 Å². The first-order chi connectivity index (χ1) is 10.6. The molecule has 1 saturated heterocycles. The zero-order valence-electron chi connectivity index (χ0n) is 11.8. The van der Waals surface area contributed by atoms with Crippen molar-refractivity contribution in [3.8, 4) is 0 Å². The fraction of sp³-hybridized carbons (Fsp3) is 0.375. The molecule has 2 aromatic carbocycles. The van der Waals surface area contributed by atoms with Crippen LogP contribution in [-0.2, 0) is 4.74 Å². The summed E-state index contributed by atoms with van der Waals surface area (Å²) < 4.78 is 5.46. The van der Waals surface area contributed by atoms with Crippen LogP contribution in [0.15, 0.2) is 42.5 Å². The van der Waals surface area contributed by atoms with E-state index in [2.05, 4.69) is 5.32 Å².